The van der Waals surface area contributed by atoms with E-state index in [0.717, 1.165) is 0 Å². The number of nitrogens with one attached hydrogen (secondary N) is 1. The average Bonchev–Trinajstić information content (AvgIpc) is 3.11. The molecule has 0 unspecified atom stereocenters. The molecule has 2 heterocycles. The maximum Gasteiger partial charge on any atom is 0.257 e. The van der Waals surface area contributed by atoms with Gasteiger partial charge in [0.25, 0.3) is 11.8 Å². The summed E-state index contributed by atoms with van der Waals surface area (Å²) in [7, 11) is 1.58. The van der Waals surface area contributed by atoms with E-state index in [1.165, 1.54) is 12.1 Å². The number of halogens is 1. The molecule has 170 valence electrons. The highest BCUT2D eigenvalue weighted by atomic mass is 19.1. The SMILES string of the molecule is COc1ccccc1Nc1ncccc1C(=O)N1CCCN(C(=O)c2ccccc2F)CC1. The largest absolute Gasteiger partial charge is 0.495 e. The molecule has 33 heavy (non-hydrogen) atoms. The number of carbonyl (C=O) groups is 2. The van der Waals surface area contributed by atoms with Crippen LogP contribution in [0.25, 0.3) is 0 Å². The van der Waals surface area contributed by atoms with Crippen molar-refractivity contribution in [1.29, 1.82) is 0 Å². The molecule has 1 aromatic heterocycles. The fourth-order valence-electron chi connectivity index (χ4n) is 3.85. The Hall–Kier alpha value is -3.94. The van der Waals surface area contributed by atoms with E-state index in [2.05, 4.69) is 10.3 Å². The van der Waals surface area contributed by atoms with Crippen molar-refractivity contribution in [3.63, 3.8) is 0 Å². The van der Waals surface area contributed by atoms with Crippen LogP contribution in [0, 0.1) is 5.82 Å². The quantitative estimate of drug-likeness (QED) is 0.640. The topological polar surface area (TPSA) is 74.8 Å². The molecule has 0 saturated carbocycles. The number of rotatable bonds is 5. The van der Waals surface area contributed by atoms with Gasteiger partial charge < -0.3 is 19.9 Å². The zero-order valence-corrected chi connectivity index (χ0v) is 18.3. The van der Waals surface area contributed by atoms with Gasteiger partial charge in [0, 0.05) is 32.4 Å². The van der Waals surface area contributed by atoms with E-state index in [-0.39, 0.29) is 17.4 Å². The first-order valence-electron chi connectivity index (χ1n) is 10.8. The highest BCUT2D eigenvalue weighted by Gasteiger charge is 2.26. The molecule has 2 amide bonds. The second-order valence-electron chi connectivity index (χ2n) is 7.64. The molecular formula is C25H25FN4O3. The summed E-state index contributed by atoms with van der Waals surface area (Å²) < 4.78 is 19.4. The molecule has 1 aliphatic heterocycles. The second-order valence-corrected chi connectivity index (χ2v) is 7.64. The summed E-state index contributed by atoms with van der Waals surface area (Å²) in [5, 5.41) is 3.19. The molecule has 1 saturated heterocycles. The predicted octanol–water partition coefficient (Wildman–Crippen LogP) is 3.96. The number of hydrogen-bond acceptors (Lipinski definition) is 5. The van der Waals surface area contributed by atoms with Crippen molar-refractivity contribution in [3.05, 3.63) is 83.8 Å². The zero-order chi connectivity index (χ0) is 23.2. The fourth-order valence-corrected chi connectivity index (χ4v) is 3.85. The maximum absolute atomic E-state index is 14.1. The predicted molar refractivity (Wildman–Crippen MR) is 123 cm³/mol. The summed E-state index contributed by atoms with van der Waals surface area (Å²) >= 11 is 0. The minimum Gasteiger partial charge on any atom is -0.495 e. The van der Waals surface area contributed by atoms with Gasteiger partial charge in [0.1, 0.15) is 17.4 Å². The summed E-state index contributed by atoms with van der Waals surface area (Å²) in [6.07, 6.45) is 2.22. The van der Waals surface area contributed by atoms with Crippen LogP contribution >= 0.6 is 0 Å². The third kappa shape index (κ3) is 4.95. The second kappa shape index (κ2) is 10.1. The van der Waals surface area contributed by atoms with Crippen molar-refractivity contribution in [1.82, 2.24) is 14.8 Å². The number of nitrogens with zero attached hydrogens (tertiary/aromatic N) is 3. The highest BCUT2D eigenvalue weighted by Crippen LogP contribution is 2.28. The van der Waals surface area contributed by atoms with Gasteiger partial charge in [0.2, 0.25) is 0 Å². The van der Waals surface area contributed by atoms with Crippen LogP contribution in [0.2, 0.25) is 0 Å². The summed E-state index contributed by atoms with van der Waals surface area (Å²) in [6.45, 7) is 1.62. The third-order valence-corrected chi connectivity index (χ3v) is 5.57. The summed E-state index contributed by atoms with van der Waals surface area (Å²) in [5.74, 6) is -0.0146. The number of ether oxygens (including phenoxy) is 1. The highest BCUT2D eigenvalue weighted by molar-refractivity contribution is 5.99. The zero-order valence-electron chi connectivity index (χ0n) is 18.3. The van der Waals surface area contributed by atoms with Gasteiger partial charge in [-0.1, -0.05) is 24.3 Å². The van der Waals surface area contributed by atoms with Crippen LogP contribution in [0.15, 0.2) is 66.9 Å². The fraction of sp³-hybridized carbons (Fsp3) is 0.240. The van der Waals surface area contributed by atoms with Crippen LogP contribution < -0.4 is 10.1 Å². The van der Waals surface area contributed by atoms with Crippen LogP contribution in [-0.4, -0.2) is 59.9 Å². The Kier molecular flexibility index (Phi) is 6.83. The smallest absolute Gasteiger partial charge is 0.257 e. The molecule has 7 nitrogen and oxygen atoms in total. The number of hydrogen-bond donors (Lipinski definition) is 1. The Morgan fingerprint density at radius 2 is 1.52 bits per heavy atom. The van der Waals surface area contributed by atoms with Gasteiger partial charge in [-0.25, -0.2) is 9.37 Å². The van der Waals surface area contributed by atoms with E-state index in [1.807, 2.05) is 24.3 Å². The molecule has 0 spiro atoms. The normalized spacial score (nSPS) is 13.9. The van der Waals surface area contributed by atoms with Crippen molar-refractivity contribution in [3.8, 4) is 5.75 Å². The molecule has 2 aromatic carbocycles. The lowest BCUT2D eigenvalue weighted by Gasteiger charge is -2.23. The number of methoxy groups -OCH3 is 1. The van der Waals surface area contributed by atoms with Crippen molar-refractivity contribution in [2.75, 3.05) is 38.6 Å². The molecule has 0 aliphatic carbocycles. The Morgan fingerprint density at radius 3 is 2.24 bits per heavy atom. The Morgan fingerprint density at radius 1 is 0.879 bits per heavy atom. The average molecular weight is 448 g/mol. The van der Waals surface area contributed by atoms with Crippen LogP contribution in [0.1, 0.15) is 27.1 Å². The molecule has 1 aliphatic rings. The molecule has 3 aromatic rings. The van der Waals surface area contributed by atoms with Gasteiger partial charge in [0.15, 0.2) is 0 Å². The van der Waals surface area contributed by atoms with Crippen molar-refractivity contribution in [2.45, 2.75) is 6.42 Å². The standard InChI is InChI=1S/C25H25FN4O3/c1-33-22-12-5-4-11-21(22)28-23-19(9-6-13-27-23)25(32)30-15-7-14-29(16-17-30)24(31)18-8-2-3-10-20(18)26/h2-6,8-13H,7,14-17H2,1H3,(H,27,28). The van der Waals surface area contributed by atoms with Crippen LogP contribution in [0.3, 0.4) is 0 Å². The van der Waals surface area contributed by atoms with E-state index in [9.17, 15) is 14.0 Å². The molecule has 4 rings (SSSR count). The van der Waals surface area contributed by atoms with Crippen LogP contribution in [0.4, 0.5) is 15.9 Å². The summed E-state index contributed by atoms with van der Waals surface area (Å²) in [5.41, 5.74) is 1.18. The maximum atomic E-state index is 14.1. The first kappa shape index (κ1) is 22.3. The van der Waals surface area contributed by atoms with Gasteiger partial charge in [-0.15, -0.1) is 0 Å². The van der Waals surface area contributed by atoms with E-state index >= 15 is 0 Å². The Labute approximate surface area is 191 Å². The Balaban J connectivity index is 1.49. The lowest BCUT2D eigenvalue weighted by molar-refractivity contribution is 0.0716. The molecular weight excluding hydrogens is 423 g/mol. The van der Waals surface area contributed by atoms with Gasteiger partial charge in [-0.3, -0.25) is 9.59 Å². The van der Waals surface area contributed by atoms with Crippen LogP contribution in [-0.2, 0) is 0 Å². The van der Waals surface area contributed by atoms with Gasteiger partial charge in [0.05, 0.1) is 23.9 Å². The minimum atomic E-state index is -0.540. The number of benzene rings is 2. The molecule has 0 atom stereocenters. The summed E-state index contributed by atoms with van der Waals surface area (Å²) in [4.78, 5) is 33.8. The molecule has 0 bridgehead atoms. The third-order valence-electron chi connectivity index (χ3n) is 5.57. The van der Waals surface area contributed by atoms with Gasteiger partial charge >= 0.3 is 0 Å². The number of carbonyl (C=O) groups excluding carboxylic acids is 2. The van der Waals surface area contributed by atoms with Gasteiger partial charge in [-0.2, -0.15) is 0 Å². The van der Waals surface area contributed by atoms with Crippen LogP contribution in [0.5, 0.6) is 5.75 Å². The molecule has 1 fully saturated rings. The monoisotopic (exact) mass is 448 g/mol. The first-order valence-corrected chi connectivity index (χ1v) is 10.8. The number of pyridine rings is 1. The molecule has 0 radical (unpaired) electrons. The lowest BCUT2D eigenvalue weighted by atomic mass is 10.2. The van der Waals surface area contributed by atoms with E-state index in [4.69, 9.17) is 4.74 Å². The number of para-hydroxylation sites is 2. The number of amides is 2. The van der Waals surface area contributed by atoms with Crippen molar-refractivity contribution >= 4 is 23.3 Å². The van der Waals surface area contributed by atoms with E-state index in [1.54, 1.807) is 47.4 Å². The molecule has 1 N–H and O–H groups in total. The van der Waals surface area contributed by atoms with Crippen molar-refractivity contribution in [2.24, 2.45) is 0 Å². The van der Waals surface area contributed by atoms with E-state index < -0.39 is 5.82 Å². The summed E-state index contributed by atoms with van der Waals surface area (Å²) in [6, 6.07) is 16.8. The number of anilines is 2. The molecule has 8 heteroatoms. The minimum absolute atomic E-state index is 0.0489. The number of aromatic nitrogens is 1. The lowest BCUT2D eigenvalue weighted by Crippen LogP contribution is -2.37. The van der Waals surface area contributed by atoms with Gasteiger partial charge in [-0.05, 0) is 42.8 Å². The van der Waals surface area contributed by atoms with Crippen molar-refractivity contribution < 1.29 is 18.7 Å². The Bertz CT molecular complexity index is 1150. The van der Waals surface area contributed by atoms with E-state index in [0.29, 0.717) is 55.4 Å². The first-order chi connectivity index (χ1) is 16.1.